The first-order valence-electron chi connectivity index (χ1n) is 6.64. The van der Waals surface area contributed by atoms with Crippen molar-refractivity contribution in [3.63, 3.8) is 0 Å². The largest absolute Gasteiger partial charge is 0.387 e. The Hall–Kier alpha value is -1.07. The van der Waals surface area contributed by atoms with Crippen molar-refractivity contribution in [1.29, 1.82) is 0 Å². The molecule has 0 unspecified atom stereocenters. The summed E-state index contributed by atoms with van der Waals surface area (Å²) in [4.78, 5) is 0.371. The number of sulfonamides is 1. The van der Waals surface area contributed by atoms with Crippen molar-refractivity contribution in [2.75, 3.05) is 25.5 Å². The van der Waals surface area contributed by atoms with E-state index in [4.69, 9.17) is 0 Å². The standard InChI is InChI=1S/C14H22N2O2S/c1-14(2)9-6-10-16(11-14)19(17,18)13-8-5-4-7-12(13)15-3/h4-5,7-8,15H,6,9-11H2,1-3H3. The van der Waals surface area contributed by atoms with Crippen molar-refractivity contribution in [3.05, 3.63) is 24.3 Å². The zero-order chi connectivity index (χ0) is 14.1. The summed E-state index contributed by atoms with van der Waals surface area (Å²) in [5.74, 6) is 0. The molecule has 0 radical (unpaired) electrons. The van der Waals surface area contributed by atoms with Crippen molar-refractivity contribution in [2.24, 2.45) is 5.41 Å². The third kappa shape index (κ3) is 2.92. The second-order valence-corrected chi connectivity index (χ2v) is 7.76. The Balaban J connectivity index is 2.37. The highest BCUT2D eigenvalue weighted by atomic mass is 32.2. The average Bonchev–Trinajstić information content (AvgIpc) is 2.37. The van der Waals surface area contributed by atoms with Crippen LogP contribution in [0.1, 0.15) is 26.7 Å². The Morgan fingerprint density at radius 3 is 2.58 bits per heavy atom. The van der Waals surface area contributed by atoms with Gasteiger partial charge in [0.05, 0.1) is 5.69 Å². The number of nitrogens with one attached hydrogen (secondary N) is 1. The second-order valence-electron chi connectivity index (χ2n) is 5.85. The van der Waals surface area contributed by atoms with Gasteiger partial charge in [0, 0.05) is 20.1 Å². The molecule has 0 atom stereocenters. The molecule has 1 aromatic carbocycles. The summed E-state index contributed by atoms with van der Waals surface area (Å²) in [5, 5.41) is 2.96. The molecule has 2 rings (SSSR count). The molecule has 1 aromatic rings. The Morgan fingerprint density at radius 2 is 1.95 bits per heavy atom. The van der Waals surface area contributed by atoms with Crippen molar-refractivity contribution < 1.29 is 8.42 Å². The maximum atomic E-state index is 12.7. The molecule has 1 saturated heterocycles. The maximum Gasteiger partial charge on any atom is 0.245 e. The van der Waals surface area contributed by atoms with Gasteiger partial charge in [-0.15, -0.1) is 0 Å². The topological polar surface area (TPSA) is 49.4 Å². The van der Waals surface area contributed by atoms with Crippen LogP contribution in [0.25, 0.3) is 0 Å². The van der Waals surface area contributed by atoms with Crippen LogP contribution in [0, 0.1) is 5.41 Å². The summed E-state index contributed by atoms with van der Waals surface area (Å²) in [5.41, 5.74) is 0.714. The summed E-state index contributed by atoms with van der Waals surface area (Å²) in [6.45, 7) is 5.45. The zero-order valence-electron chi connectivity index (χ0n) is 11.8. The number of benzene rings is 1. The van der Waals surface area contributed by atoms with Gasteiger partial charge in [-0.3, -0.25) is 0 Å². The smallest absolute Gasteiger partial charge is 0.245 e. The van der Waals surface area contributed by atoms with E-state index < -0.39 is 10.0 Å². The number of para-hydroxylation sites is 1. The van der Waals surface area contributed by atoms with Crippen LogP contribution in [0.5, 0.6) is 0 Å². The number of hydrogen-bond donors (Lipinski definition) is 1. The molecule has 0 amide bonds. The first-order chi connectivity index (χ1) is 8.87. The lowest BCUT2D eigenvalue weighted by Gasteiger charge is -2.37. The lowest BCUT2D eigenvalue weighted by molar-refractivity contribution is 0.187. The minimum atomic E-state index is -3.40. The van der Waals surface area contributed by atoms with E-state index in [1.807, 2.05) is 6.07 Å². The summed E-state index contributed by atoms with van der Waals surface area (Å²) in [6, 6.07) is 7.07. The van der Waals surface area contributed by atoms with E-state index in [1.165, 1.54) is 0 Å². The molecule has 1 aliphatic rings. The van der Waals surface area contributed by atoms with Crippen LogP contribution in [0.4, 0.5) is 5.69 Å². The molecular formula is C14H22N2O2S. The molecule has 0 saturated carbocycles. The summed E-state index contributed by atoms with van der Waals surface area (Å²) in [7, 11) is -1.66. The van der Waals surface area contributed by atoms with E-state index in [0.29, 0.717) is 23.7 Å². The van der Waals surface area contributed by atoms with E-state index in [0.717, 1.165) is 12.8 Å². The molecule has 0 spiro atoms. The predicted octanol–water partition coefficient (Wildman–Crippen LogP) is 2.54. The van der Waals surface area contributed by atoms with Gasteiger partial charge in [-0.05, 0) is 30.4 Å². The molecule has 1 heterocycles. The normalized spacial score (nSPS) is 20.2. The molecule has 0 bridgehead atoms. The molecule has 0 aliphatic carbocycles. The van der Waals surface area contributed by atoms with Crippen LogP contribution in [-0.2, 0) is 10.0 Å². The average molecular weight is 282 g/mol. The highest BCUT2D eigenvalue weighted by molar-refractivity contribution is 7.89. The zero-order valence-corrected chi connectivity index (χ0v) is 12.6. The lowest BCUT2D eigenvalue weighted by atomic mass is 9.85. The molecule has 1 N–H and O–H groups in total. The van der Waals surface area contributed by atoms with Crippen LogP contribution in [0.2, 0.25) is 0 Å². The van der Waals surface area contributed by atoms with E-state index in [9.17, 15) is 8.42 Å². The monoisotopic (exact) mass is 282 g/mol. The molecule has 19 heavy (non-hydrogen) atoms. The minimum Gasteiger partial charge on any atom is -0.387 e. The molecule has 4 nitrogen and oxygen atoms in total. The third-order valence-corrected chi connectivity index (χ3v) is 5.54. The minimum absolute atomic E-state index is 0.0555. The Kier molecular flexibility index (Phi) is 3.87. The number of rotatable bonds is 3. The molecule has 1 aliphatic heterocycles. The third-order valence-electron chi connectivity index (χ3n) is 3.64. The molecule has 0 aromatic heterocycles. The first kappa shape index (κ1) is 14.3. The predicted molar refractivity (Wildman–Crippen MR) is 77.8 cm³/mol. The van der Waals surface area contributed by atoms with Crippen molar-refractivity contribution >= 4 is 15.7 Å². The Labute approximate surface area is 115 Å². The summed E-state index contributed by atoms with van der Waals surface area (Å²) >= 11 is 0. The van der Waals surface area contributed by atoms with E-state index in [1.54, 1.807) is 29.6 Å². The fourth-order valence-electron chi connectivity index (χ4n) is 2.61. The van der Waals surface area contributed by atoms with Gasteiger partial charge < -0.3 is 5.32 Å². The summed E-state index contributed by atoms with van der Waals surface area (Å²) in [6.07, 6.45) is 2.00. The van der Waals surface area contributed by atoms with E-state index >= 15 is 0 Å². The Morgan fingerprint density at radius 1 is 1.26 bits per heavy atom. The SMILES string of the molecule is CNc1ccccc1S(=O)(=O)N1CCCC(C)(C)C1. The van der Waals surface area contributed by atoms with Gasteiger partial charge in [0.1, 0.15) is 4.90 Å². The van der Waals surface area contributed by atoms with Gasteiger partial charge in [0.2, 0.25) is 10.0 Å². The lowest BCUT2D eigenvalue weighted by Crippen LogP contribution is -2.43. The second kappa shape index (κ2) is 5.13. The number of anilines is 1. The van der Waals surface area contributed by atoms with Gasteiger partial charge in [0.15, 0.2) is 0 Å². The van der Waals surface area contributed by atoms with Crippen molar-refractivity contribution in [1.82, 2.24) is 4.31 Å². The molecule has 106 valence electrons. The van der Waals surface area contributed by atoms with Gasteiger partial charge in [-0.25, -0.2) is 8.42 Å². The highest BCUT2D eigenvalue weighted by Crippen LogP contribution is 2.33. The first-order valence-corrected chi connectivity index (χ1v) is 8.08. The van der Waals surface area contributed by atoms with Gasteiger partial charge in [0.25, 0.3) is 0 Å². The molecular weight excluding hydrogens is 260 g/mol. The quantitative estimate of drug-likeness (QED) is 0.927. The number of hydrogen-bond acceptors (Lipinski definition) is 3. The van der Waals surface area contributed by atoms with Crippen LogP contribution in [0.15, 0.2) is 29.2 Å². The fraction of sp³-hybridized carbons (Fsp3) is 0.571. The van der Waals surface area contributed by atoms with Gasteiger partial charge in [-0.2, -0.15) is 4.31 Å². The molecule has 5 heteroatoms. The number of nitrogens with zero attached hydrogens (tertiary/aromatic N) is 1. The molecule has 1 fully saturated rings. The van der Waals surface area contributed by atoms with Crippen molar-refractivity contribution in [3.8, 4) is 0 Å². The number of piperidine rings is 1. The van der Waals surface area contributed by atoms with Crippen LogP contribution < -0.4 is 5.32 Å². The van der Waals surface area contributed by atoms with E-state index in [2.05, 4.69) is 19.2 Å². The fourth-order valence-corrected chi connectivity index (χ4v) is 4.48. The van der Waals surface area contributed by atoms with Crippen LogP contribution in [-0.4, -0.2) is 32.9 Å². The van der Waals surface area contributed by atoms with Gasteiger partial charge in [-0.1, -0.05) is 26.0 Å². The van der Waals surface area contributed by atoms with Gasteiger partial charge >= 0.3 is 0 Å². The van der Waals surface area contributed by atoms with Crippen molar-refractivity contribution in [2.45, 2.75) is 31.6 Å². The maximum absolute atomic E-state index is 12.7. The highest BCUT2D eigenvalue weighted by Gasteiger charge is 2.34. The summed E-state index contributed by atoms with van der Waals surface area (Å²) < 4.78 is 27.1. The van der Waals surface area contributed by atoms with E-state index in [-0.39, 0.29) is 5.41 Å². The van der Waals surface area contributed by atoms with Crippen LogP contribution in [0.3, 0.4) is 0 Å². The Bertz CT molecular complexity index is 552. The van der Waals surface area contributed by atoms with Crippen LogP contribution >= 0.6 is 0 Å².